The Labute approximate surface area is 136 Å². The van der Waals surface area contributed by atoms with E-state index in [4.69, 9.17) is 16.3 Å². The van der Waals surface area contributed by atoms with Gasteiger partial charge >= 0.3 is 0 Å². The van der Waals surface area contributed by atoms with Crippen LogP contribution < -0.4 is 10.1 Å². The Morgan fingerprint density at radius 1 is 1.32 bits per heavy atom. The van der Waals surface area contributed by atoms with Gasteiger partial charge in [-0.3, -0.25) is 4.79 Å². The SMILES string of the molecule is CN(C(=O)CCOc1ccccc1Cl)C1CC2CCC(C1)N2. The Balaban J connectivity index is 1.46. The number of benzene rings is 1. The summed E-state index contributed by atoms with van der Waals surface area (Å²) in [4.78, 5) is 14.3. The molecule has 1 aromatic carbocycles. The van der Waals surface area contributed by atoms with E-state index in [0.717, 1.165) is 12.8 Å². The lowest BCUT2D eigenvalue weighted by atomic mass is 9.98. The third-order valence-electron chi connectivity index (χ3n) is 4.80. The maximum absolute atomic E-state index is 12.3. The largest absolute Gasteiger partial charge is 0.491 e. The summed E-state index contributed by atoms with van der Waals surface area (Å²) in [6, 6.07) is 8.90. The Morgan fingerprint density at radius 3 is 2.68 bits per heavy atom. The lowest BCUT2D eigenvalue weighted by Crippen LogP contribution is -2.48. The van der Waals surface area contributed by atoms with Crippen molar-refractivity contribution in [3.05, 3.63) is 29.3 Å². The summed E-state index contributed by atoms with van der Waals surface area (Å²) < 4.78 is 5.61. The minimum atomic E-state index is 0.151. The van der Waals surface area contributed by atoms with Crippen LogP contribution in [0.3, 0.4) is 0 Å². The van der Waals surface area contributed by atoms with Gasteiger partial charge in [-0.25, -0.2) is 0 Å². The molecule has 1 aromatic rings. The average Bonchev–Trinajstić information content (AvgIpc) is 2.86. The molecule has 4 nitrogen and oxygen atoms in total. The van der Waals surface area contributed by atoms with Crippen LogP contribution in [0, 0.1) is 0 Å². The fraction of sp³-hybridized carbons (Fsp3) is 0.588. The first kappa shape index (κ1) is 15.6. The Hall–Kier alpha value is -1.26. The summed E-state index contributed by atoms with van der Waals surface area (Å²) in [5.74, 6) is 0.790. The van der Waals surface area contributed by atoms with E-state index >= 15 is 0 Å². The standard InChI is InChI=1S/C17H23ClN2O2/c1-20(14-10-12-6-7-13(11-14)19-12)17(21)8-9-22-16-5-3-2-4-15(16)18/h2-5,12-14,19H,6-11H2,1H3. The van der Waals surface area contributed by atoms with Gasteiger partial charge in [-0.15, -0.1) is 0 Å². The molecule has 22 heavy (non-hydrogen) atoms. The van der Waals surface area contributed by atoms with Crippen molar-refractivity contribution >= 4 is 17.5 Å². The molecular weight excluding hydrogens is 300 g/mol. The van der Waals surface area contributed by atoms with Gasteiger partial charge in [-0.05, 0) is 37.8 Å². The van der Waals surface area contributed by atoms with E-state index in [-0.39, 0.29) is 5.91 Å². The van der Waals surface area contributed by atoms with Crippen LogP contribution in [-0.4, -0.2) is 42.6 Å². The molecule has 0 radical (unpaired) electrons. The van der Waals surface area contributed by atoms with Crippen LogP contribution in [0.1, 0.15) is 32.1 Å². The number of nitrogens with one attached hydrogen (secondary N) is 1. The van der Waals surface area contributed by atoms with Crippen LogP contribution in [0.2, 0.25) is 5.02 Å². The van der Waals surface area contributed by atoms with Crippen molar-refractivity contribution in [1.29, 1.82) is 0 Å². The zero-order chi connectivity index (χ0) is 15.5. The molecule has 0 spiro atoms. The summed E-state index contributed by atoms with van der Waals surface area (Å²) in [6.45, 7) is 0.366. The highest BCUT2D eigenvalue weighted by molar-refractivity contribution is 6.32. The van der Waals surface area contributed by atoms with Gasteiger partial charge in [0.25, 0.3) is 0 Å². The number of halogens is 1. The van der Waals surface area contributed by atoms with Crippen molar-refractivity contribution in [3.8, 4) is 5.75 Å². The Morgan fingerprint density at radius 2 is 2.00 bits per heavy atom. The highest BCUT2D eigenvalue weighted by Gasteiger charge is 2.36. The first-order chi connectivity index (χ1) is 10.6. The van der Waals surface area contributed by atoms with E-state index in [1.54, 1.807) is 6.07 Å². The van der Waals surface area contributed by atoms with E-state index in [9.17, 15) is 4.79 Å². The van der Waals surface area contributed by atoms with Gasteiger partial charge in [0, 0.05) is 25.2 Å². The van der Waals surface area contributed by atoms with Crippen LogP contribution >= 0.6 is 11.6 Å². The fourth-order valence-corrected chi connectivity index (χ4v) is 3.72. The van der Waals surface area contributed by atoms with Gasteiger partial charge in [0.1, 0.15) is 5.75 Å². The number of hydrogen-bond donors (Lipinski definition) is 1. The quantitative estimate of drug-likeness (QED) is 0.906. The molecule has 120 valence electrons. The van der Waals surface area contributed by atoms with Crippen molar-refractivity contribution in [3.63, 3.8) is 0 Å². The summed E-state index contributed by atoms with van der Waals surface area (Å²) in [6.07, 6.45) is 5.03. The molecule has 2 atom stereocenters. The summed E-state index contributed by atoms with van der Waals surface area (Å²) in [7, 11) is 1.92. The van der Waals surface area contributed by atoms with Crippen LogP contribution in [0.15, 0.2) is 24.3 Å². The molecule has 2 fully saturated rings. The second-order valence-electron chi connectivity index (χ2n) is 6.30. The number of ether oxygens (including phenoxy) is 1. The van der Waals surface area contributed by atoms with Gasteiger partial charge in [0.15, 0.2) is 0 Å². The highest BCUT2D eigenvalue weighted by Crippen LogP contribution is 2.29. The van der Waals surface area contributed by atoms with Crippen molar-refractivity contribution in [1.82, 2.24) is 10.2 Å². The topological polar surface area (TPSA) is 41.6 Å². The molecule has 1 N–H and O–H groups in total. The van der Waals surface area contributed by atoms with Crippen LogP contribution in [0.25, 0.3) is 0 Å². The van der Waals surface area contributed by atoms with Gasteiger partial charge in [-0.2, -0.15) is 0 Å². The lowest BCUT2D eigenvalue weighted by molar-refractivity contribution is -0.133. The maximum Gasteiger partial charge on any atom is 0.225 e. The van der Waals surface area contributed by atoms with E-state index in [1.165, 1.54) is 12.8 Å². The normalized spacial score (nSPS) is 26.7. The number of hydrogen-bond acceptors (Lipinski definition) is 3. The Kier molecular flexibility index (Phi) is 4.89. The molecule has 0 aliphatic carbocycles. The average molecular weight is 323 g/mol. The van der Waals surface area contributed by atoms with E-state index in [1.807, 2.05) is 30.1 Å². The highest BCUT2D eigenvalue weighted by atomic mass is 35.5. The van der Waals surface area contributed by atoms with Crippen LogP contribution in [0.4, 0.5) is 0 Å². The van der Waals surface area contributed by atoms with Gasteiger partial charge < -0.3 is 15.0 Å². The minimum Gasteiger partial charge on any atom is -0.491 e. The van der Waals surface area contributed by atoms with Crippen LogP contribution in [-0.2, 0) is 4.79 Å². The van der Waals surface area contributed by atoms with Crippen molar-refractivity contribution < 1.29 is 9.53 Å². The number of nitrogens with zero attached hydrogens (tertiary/aromatic N) is 1. The second-order valence-corrected chi connectivity index (χ2v) is 6.70. The molecule has 5 heteroatoms. The number of amides is 1. The molecule has 2 unspecified atom stereocenters. The summed E-state index contributed by atoms with van der Waals surface area (Å²) in [5, 5.41) is 4.19. The predicted molar refractivity (Wildman–Crippen MR) is 87.3 cm³/mol. The number of piperidine rings is 1. The maximum atomic E-state index is 12.3. The predicted octanol–water partition coefficient (Wildman–Crippen LogP) is 2.85. The van der Waals surface area contributed by atoms with Gasteiger partial charge in [-0.1, -0.05) is 23.7 Å². The molecule has 2 heterocycles. The fourth-order valence-electron chi connectivity index (χ4n) is 3.53. The number of carbonyl (C=O) groups excluding carboxylic acids is 1. The second kappa shape index (κ2) is 6.88. The molecule has 0 saturated carbocycles. The zero-order valence-electron chi connectivity index (χ0n) is 12.9. The number of fused-ring (bicyclic) bond motifs is 2. The third kappa shape index (κ3) is 3.55. The Bertz CT molecular complexity index is 525. The lowest BCUT2D eigenvalue weighted by Gasteiger charge is -2.35. The first-order valence-electron chi connectivity index (χ1n) is 8.02. The smallest absolute Gasteiger partial charge is 0.225 e. The monoisotopic (exact) mass is 322 g/mol. The van der Waals surface area contributed by atoms with Crippen molar-refractivity contribution in [2.24, 2.45) is 0 Å². The molecule has 2 aliphatic rings. The molecule has 2 bridgehead atoms. The van der Waals surface area contributed by atoms with Gasteiger partial charge in [0.05, 0.1) is 18.1 Å². The first-order valence-corrected chi connectivity index (χ1v) is 8.40. The van der Waals surface area contributed by atoms with Crippen molar-refractivity contribution in [2.75, 3.05) is 13.7 Å². The van der Waals surface area contributed by atoms with E-state index in [0.29, 0.717) is 41.9 Å². The van der Waals surface area contributed by atoms with E-state index in [2.05, 4.69) is 5.32 Å². The molecule has 1 amide bonds. The molecule has 2 aliphatic heterocycles. The van der Waals surface area contributed by atoms with E-state index < -0.39 is 0 Å². The number of rotatable bonds is 5. The third-order valence-corrected chi connectivity index (χ3v) is 5.11. The molecular formula is C17H23ClN2O2. The molecule has 0 aromatic heterocycles. The van der Waals surface area contributed by atoms with Crippen molar-refractivity contribution in [2.45, 2.75) is 50.2 Å². The number of carbonyl (C=O) groups is 1. The minimum absolute atomic E-state index is 0.151. The molecule has 2 saturated heterocycles. The summed E-state index contributed by atoms with van der Waals surface area (Å²) in [5.41, 5.74) is 0. The van der Waals surface area contributed by atoms with Crippen LogP contribution in [0.5, 0.6) is 5.75 Å². The number of para-hydroxylation sites is 1. The molecule has 3 rings (SSSR count). The summed E-state index contributed by atoms with van der Waals surface area (Å²) >= 11 is 6.04. The van der Waals surface area contributed by atoms with Gasteiger partial charge in [0.2, 0.25) is 5.91 Å². The zero-order valence-corrected chi connectivity index (χ0v) is 13.7.